The van der Waals surface area contributed by atoms with Gasteiger partial charge in [0.1, 0.15) is 13.2 Å². The predicted molar refractivity (Wildman–Crippen MR) is 72.4 cm³/mol. The molecule has 5 heteroatoms. The van der Waals surface area contributed by atoms with Crippen LogP contribution in [-0.2, 0) is 13.6 Å². The second-order valence-electron chi connectivity index (χ2n) is 4.52. The van der Waals surface area contributed by atoms with E-state index in [9.17, 15) is 0 Å². The van der Waals surface area contributed by atoms with Crippen LogP contribution in [0.2, 0.25) is 0 Å². The van der Waals surface area contributed by atoms with Crippen LogP contribution in [0.25, 0.3) is 11.1 Å². The average Bonchev–Trinajstić information content (AvgIpc) is 2.80. The van der Waals surface area contributed by atoms with Crippen molar-refractivity contribution in [2.45, 2.75) is 6.54 Å². The molecule has 0 amide bonds. The van der Waals surface area contributed by atoms with Gasteiger partial charge < -0.3 is 14.8 Å². The first-order valence-electron chi connectivity index (χ1n) is 6.35. The summed E-state index contributed by atoms with van der Waals surface area (Å²) in [5, 5.41) is 7.49. The van der Waals surface area contributed by atoms with Crippen LogP contribution in [0.15, 0.2) is 24.4 Å². The molecular formula is C14H17N3O2. The summed E-state index contributed by atoms with van der Waals surface area (Å²) in [5.74, 6) is 1.62. The lowest BCUT2D eigenvalue weighted by Crippen LogP contribution is -2.15. The normalized spacial score (nSPS) is 13.6. The van der Waals surface area contributed by atoms with Gasteiger partial charge in [0.05, 0.1) is 11.9 Å². The third-order valence-corrected chi connectivity index (χ3v) is 3.26. The van der Waals surface area contributed by atoms with Crippen molar-refractivity contribution >= 4 is 0 Å². The first-order valence-corrected chi connectivity index (χ1v) is 6.35. The van der Waals surface area contributed by atoms with Crippen LogP contribution in [0.1, 0.15) is 5.69 Å². The summed E-state index contributed by atoms with van der Waals surface area (Å²) in [6, 6.07) is 6.02. The zero-order valence-electron chi connectivity index (χ0n) is 11.1. The highest BCUT2D eigenvalue weighted by Crippen LogP contribution is 2.35. The maximum absolute atomic E-state index is 5.62. The lowest BCUT2D eigenvalue weighted by Gasteiger charge is -2.19. The number of aryl methyl sites for hydroxylation is 1. The fraction of sp³-hybridized carbons (Fsp3) is 0.357. The van der Waals surface area contributed by atoms with Gasteiger partial charge in [0.2, 0.25) is 0 Å². The summed E-state index contributed by atoms with van der Waals surface area (Å²) in [5.41, 5.74) is 3.37. The minimum Gasteiger partial charge on any atom is -0.486 e. The molecule has 0 spiro atoms. The number of aromatic nitrogens is 2. The molecule has 1 aliphatic rings. The molecule has 3 rings (SSSR count). The van der Waals surface area contributed by atoms with Gasteiger partial charge in [-0.25, -0.2) is 0 Å². The molecule has 1 N–H and O–H groups in total. The van der Waals surface area contributed by atoms with Crippen LogP contribution in [0.4, 0.5) is 0 Å². The van der Waals surface area contributed by atoms with E-state index in [0.717, 1.165) is 34.9 Å². The summed E-state index contributed by atoms with van der Waals surface area (Å²) in [4.78, 5) is 0. The standard InChI is InChI=1S/C14H17N3O2/c1-15-9-12-11(8-16-17(12)2)10-3-4-13-14(7-10)19-6-5-18-13/h3-4,7-8,15H,5-6,9H2,1-2H3. The summed E-state index contributed by atoms with van der Waals surface area (Å²) in [6.45, 7) is 2.00. The zero-order valence-corrected chi connectivity index (χ0v) is 11.1. The van der Waals surface area contributed by atoms with Crippen molar-refractivity contribution in [3.05, 3.63) is 30.1 Å². The Morgan fingerprint density at radius 2 is 2.05 bits per heavy atom. The number of hydrogen-bond acceptors (Lipinski definition) is 4. The lowest BCUT2D eigenvalue weighted by molar-refractivity contribution is 0.171. The van der Waals surface area contributed by atoms with E-state index in [2.05, 4.69) is 10.4 Å². The maximum atomic E-state index is 5.62. The number of fused-ring (bicyclic) bond motifs is 1. The van der Waals surface area contributed by atoms with E-state index in [1.165, 1.54) is 0 Å². The van der Waals surface area contributed by atoms with Gasteiger partial charge in [0, 0.05) is 19.2 Å². The Morgan fingerprint density at radius 1 is 1.26 bits per heavy atom. The van der Waals surface area contributed by atoms with Crippen molar-refractivity contribution in [1.29, 1.82) is 0 Å². The van der Waals surface area contributed by atoms with Gasteiger partial charge in [0.25, 0.3) is 0 Å². The van der Waals surface area contributed by atoms with Gasteiger partial charge in [-0.2, -0.15) is 5.10 Å². The average molecular weight is 259 g/mol. The van der Waals surface area contributed by atoms with E-state index >= 15 is 0 Å². The monoisotopic (exact) mass is 259 g/mol. The third kappa shape index (κ3) is 2.17. The molecule has 1 aromatic carbocycles. The van der Waals surface area contributed by atoms with Crippen molar-refractivity contribution in [3.63, 3.8) is 0 Å². The van der Waals surface area contributed by atoms with Gasteiger partial charge in [-0.1, -0.05) is 6.07 Å². The SMILES string of the molecule is CNCc1c(-c2ccc3c(c2)OCCO3)cnn1C. The molecule has 2 heterocycles. The lowest BCUT2D eigenvalue weighted by atomic mass is 10.1. The molecule has 0 atom stereocenters. The zero-order chi connectivity index (χ0) is 13.2. The Morgan fingerprint density at radius 3 is 2.84 bits per heavy atom. The smallest absolute Gasteiger partial charge is 0.161 e. The van der Waals surface area contributed by atoms with Gasteiger partial charge in [-0.3, -0.25) is 4.68 Å². The van der Waals surface area contributed by atoms with Crippen LogP contribution >= 0.6 is 0 Å². The highest BCUT2D eigenvalue weighted by Gasteiger charge is 2.15. The van der Waals surface area contributed by atoms with E-state index < -0.39 is 0 Å². The van der Waals surface area contributed by atoms with Crippen LogP contribution in [-0.4, -0.2) is 30.0 Å². The van der Waals surface area contributed by atoms with Crippen LogP contribution < -0.4 is 14.8 Å². The number of hydrogen-bond donors (Lipinski definition) is 1. The van der Waals surface area contributed by atoms with Gasteiger partial charge in [0.15, 0.2) is 11.5 Å². The summed E-state index contributed by atoms with van der Waals surface area (Å²) < 4.78 is 13.1. The molecule has 2 aromatic rings. The second kappa shape index (κ2) is 4.93. The molecule has 0 saturated heterocycles. The molecule has 0 bridgehead atoms. The fourth-order valence-electron chi connectivity index (χ4n) is 2.29. The largest absolute Gasteiger partial charge is 0.486 e. The van der Waals surface area contributed by atoms with E-state index in [1.54, 1.807) is 0 Å². The summed E-state index contributed by atoms with van der Waals surface area (Å²) >= 11 is 0. The van der Waals surface area contributed by atoms with Crippen LogP contribution in [0, 0.1) is 0 Å². The van der Waals surface area contributed by atoms with E-state index in [4.69, 9.17) is 9.47 Å². The number of ether oxygens (including phenoxy) is 2. The Bertz CT molecular complexity index is 592. The van der Waals surface area contributed by atoms with E-state index in [-0.39, 0.29) is 0 Å². The maximum Gasteiger partial charge on any atom is 0.161 e. The molecular weight excluding hydrogens is 242 g/mol. The number of nitrogens with zero attached hydrogens (tertiary/aromatic N) is 2. The first kappa shape index (κ1) is 12.0. The van der Waals surface area contributed by atoms with E-state index in [1.807, 2.05) is 43.2 Å². The van der Waals surface area contributed by atoms with Crippen molar-refractivity contribution in [2.75, 3.05) is 20.3 Å². The molecule has 0 aliphatic carbocycles. The van der Waals surface area contributed by atoms with Crippen LogP contribution in [0.3, 0.4) is 0 Å². The van der Waals surface area contributed by atoms with Gasteiger partial charge in [-0.15, -0.1) is 0 Å². The fourth-order valence-corrected chi connectivity index (χ4v) is 2.29. The van der Waals surface area contributed by atoms with Crippen molar-refractivity contribution in [3.8, 4) is 22.6 Å². The number of benzene rings is 1. The molecule has 5 nitrogen and oxygen atoms in total. The molecule has 1 aromatic heterocycles. The topological polar surface area (TPSA) is 48.3 Å². The van der Waals surface area contributed by atoms with Gasteiger partial charge in [-0.05, 0) is 24.7 Å². The summed E-state index contributed by atoms with van der Waals surface area (Å²) in [6.07, 6.45) is 1.89. The predicted octanol–water partition coefficient (Wildman–Crippen LogP) is 1.58. The highest BCUT2D eigenvalue weighted by molar-refractivity contribution is 5.69. The molecule has 0 radical (unpaired) electrons. The molecule has 100 valence electrons. The Hall–Kier alpha value is -2.01. The molecule has 0 fully saturated rings. The first-order chi connectivity index (χ1) is 9.29. The van der Waals surface area contributed by atoms with Crippen molar-refractivity contribution < 1.29 is 9.47 Å². The van der Waals surface area contributed by atoms with E-state index in [0.29, 0.717) is 13.2 Å². The second-order valence-corrected chi connectivity index (χ2v) is 4.52. The van der Waals surface area contributed by atoms with Gasteiger partial charge >= 0.3 is 0 Å². The molecule has 0 unspecified atom stereocenters. The molecule has 19 heavy (non-hydrogen) atoms. The minimum absolute atomic E-state index is 0.604. The number of rotatable bonds is 3. The Balaban J connectivity index is 2.02. The minimum atomic E-state index is 0.604. The van der Waals surface area contributed by atoms with Crippen LogP contribution in [0.5, 0.6) is 11.5 Å². The third-order valence-electron chi connectivity index (χ3n) is 3.26. The van der Waals surface area contributed by atoms with Crippen molar-refractivity contribution in [2.24, 2.45) is 7.05 Å². The van der Waals surface area contributed by atoms with Crippen molar-refractivity contribution in [1.82, 2.24) is 15.1 Å². The molecule has 0 saturated carbocycles. The quantitative estimate of drug-likeness (QED) is 0.909. The Labute approximate surface area is 112 Å². The Kier molecular flexibility index (Phi) is 3.13. The number of nitrogens with one attached hydrogen (secondary N) is 1. The molecule has 1 aliphatic heterocycles. The summed E-state index contributed by atoms with van der Waals surface area (Å²) in [7, 11) is 3.88. The highest BCUT2D eigenvalue weighted by atomic mass is 16.6.